The van der Waals surface area contributed by atoms with Crippen LogP contribution in [-0.2, 0) is 6.42 Å². The molecule has 5 heteroatoms. The molecular weight excluding hydrogens is 377 g/mol. The topological polar surface area (TPSA) is 38.1 Å². The van der Waals surface area contributed by atoms with Crippen molar-refractivity contribution in [2.24, 2.45) is 5.41 Å². The smallest absolute Gasteiger partial charge is 0.258 e. The molecule has 1 atom stereocenters. The standard InChI is InChI=1S/C25H24FN3O/c26-21-17-19(9-10-23(21)29-15-6-14-27-29)24(30)28-16-13-25(11-4-1-5-12-25)18-20-7-2-3-8-22(20)28/h2-4,6-11,14-15,17H,1,5,12-13,16,18H2. The molecule has 152 valence electrons. The van der Waals surface area contributed by atoms with Crippen LogP contribution < -0.4 is 4.90 Å². The van der Waals surface area contributed by atoms with Crippen molar-refractivity contribution in [3.05, 3.63) is 90.0 Å². The number of carbonyl (C=O) groups excluding carboxylic acids is 1. The number of nitrogens with zero attached hydrogens (tertiary/aromatic N) is 3. The summed E-state index contributed by atoms with van der Waals surface area (Å²) in [7, 11) is 0. The van der Waals surface area contributed by atoms with Gasteiger partial charge in [0, 0.05) is 30.2 Å². The summed E-state index contributed by atoms with van der Waals surface area (Å²) < 4.78 is 16.2. The summed E-state index contributed by atoms with van der Waals surface area (Å²) in [5.74, 6) is -0.621. The van der Waals surface area contributed by atoms with Gasteiger partial charge >= 0.3 is 0 Å². The number of fused-ring (bicyclic) bond motifs is 1. The Labute approximate surface area is 175 Å². The van der Waals surface area contributed by atoms with Gasteiger partial charge in [-0.05, 0) is 73.4 Å². The predicted octanol–water partition coefficient (Wildman–Crippen LogP) is 5.33. The van der Waals surface area contributed by atoms with Crippen LogP contribution in [0.15, 0.2) is 73.1 Å². The molecule has 1 amide bonds. The maximum atomic E-state index is 14.8. The fourth-order valence-corrected chi connectivity index (χ4v) is 4.79. The molecule has 0 N–H and O–H groups in total. The van der Waals surface area contributed by atoms with E-state index < -0.39 is 5.82 Å². The zero-order chi connectivity index (χ0) is 20.6. The summed E-state index contributed by atoms with van der Waals surface area (Å²) in [4.78, 5) is 15.3. The van der Waals surface area contributed by atoms with Gasteiger partial charge in [-0.15, -0.1) is 0 Å². The molecule has 30 heavy (non-hydrogen) atoms. The maximum absolute atomic E-state index is 14.8. The third-order valence-electron chi connectivity index (χ3n) is 6.37. The van der Waals surface area contributed by atoms with E-state index in [-0.39, 0.29) is 11.3 Å². The Morgan fingerprint density at radius 2 is 1.97 bits per heavy atom. The van der Waals surface area contributed by atoms with E-state index in [0.717, 1.165) is 31.4 Å². The van der Waals surface area contributed by atoms with Crippen LogP contribution >= 0.6 is 0 Å². The number of allylic oxidation sites excluding steroid dienone is 2. The Balaban J connectivity index is 1.49. The lowest BCUT2D eigenvalue weighted by atomic mass is 9.72. The second-order valence-corrected chi connectivity index (χ2v) is 8.29. The fraction of sp³-hybridized carbons (Fsp3) is 0.280. The molecule has 0 fully saturated rings. The average molecular weight is 401 g/mol. The highest BCUT2D eigenvalue weighted by Gasteiger charge is 2.35. The van der Waals surface area contributed by atoms with Crippen molar-refractivity contribution in [1.82, 2.24) is 9.78 Å². The minimum atomic E-state index is -0.459. The largest absolute Gasteiger partial charge is 0.308 e. The monoisotopic (exact) mass is 401 g/mol. The number of hydrogen-bond donors (Lipinski definition) is 0. The van der Waals surface area contributed by atoms with Gasteiger partial charge in [-0.2, -0.15) is 5.10 Å². The first-order chi connectivity index (χ1) is 14.7. The van der Waals surface area contributed by atoms with E-state index in [1.165, 1.54) is 22.7 Å². The molecule has 1 aliphatic heterocycles. The van der Waals surface area contributed by atoms with Crippen LogP contribution in [0.4, 0.5) is 10.1 Å². The predicted molar refractivity (Wildman–Crippen MR) is 115 cm³/mol. The van der Waals surface area contributed by atoms with Crippen molar-refractivity contribution < 1.29 is 9.18 Å². The van der Waals surface area contributed by atoms with Crippen molar-refractivity contribution >= 4 is 11.6 Å². The molecule has 1 unspecified atom stereocenters. The Morgan fingerprint density at radius 1 is 1.07 bits per heavy atom. The van der Waals surface area contributed by atoms with Crippen molar-refractivity contribution in [2.75, 3.05) is 11.4 Å². The van der Waals surface area contributed by atoms with E-state index in [4.69, 9.17) is 0 Å². The van der Waals surface area contributed by atoms with Gasteiger partial charge in [0.25, 0.3) is 5.91 Å². The third-order valence-corrected chi connectivity index (χ3v) is 6.37. The summed E-state index contributed by atoms with van der Waals surface area (Å²) in [5.41, 5.74) is 2.92. The Kier molecular flexibility index (Phi) is 4.74. The molecule has 0 radical (unpaired) electrons. The molecule has 5 rings (SSSR count). The van der Waals surface area contributed by atoms with Crippen molar-refractivity contribution in [3.8, 4) is 5.69 Å². The number of halogens is 1. The van der Waals surface area contributed by atoms with Crippen LogP contribution in [0, 0.1) is 11.2 Å². The lowest BCUT2D eigenvalue weighted by molar-refractivity contribution is 0.0984. The summed E-state index contributed by atoms with van der Waals surface area (Å²) in [6.45, 7) is 0.628. The van der Waals surface area contributed by atoms with Crippen LogP contribution in [-0.4, -0.2) is 22.2 Å². The highest BCUT2D eigenvalue weighted by atomic mass is 19.1. The minimum Gasteiger partial charge on any atom is -0.308 e. The molecule has 2 aliphatic rings. The molecule has 1 aromatic heterocycles. The van der Waals surface area contributed by atoms with Crippen molar-refractivity contribution in [3.63, 3.8) is 0 Å². The van der Waals surface area contributed by atoms with Crippen molar-refractivity contribution in [2.45, 2.75) is 32.1 Å². The van der Waals surface area contributed by atoms with E-state index in [2.05, 4.69) is 23.3 Å². The van der Waals surface area contributed by atoms with E-state index in [9.17, 15) is 9.18 Å². The molecule has 1 aliphatic carbocycles. The summed E-state index contributed by atoms with van der Waals surface area (Å²) in [6, 6.07) is 14.5. The van der Waals surface area contributed by atoms with Gasteiger partial charge in [-0.25, -0.2) is 9.07 Å². The molecule has 0 saturated heterocycles. The third kappa shape index (κ3) is 3.34. The fourth-order valence-electron chi connectivity index (χ4n) is 4.79. The number of rotatable bonds is 2. The van der Waals surface area contributed by atoms with Crippen LogP contribution in [0.25, 0.3) is 5.69 Å². The second kappa shape index (κ2) is 7.56. The first-order valence-corrected chi connectivity index (χ1v) is 10.5. The highest BCUT2D eigenvalue weighted by molar-refractivity contribution is 6.06. The number of aromatic nitrogens is 2. The molecule has 3 aromatic rings. The molecule has 2 heterocycles. The van der Waals surface area contributed by atoms with E-state index >= 15 is 0 Å². The molecule has 0 saturated carbocycles. The van der Waals surface area contributed by atoms with Crippen LogP contribution in [0.3, 0.4) is 0 Å². The Hall–Kier alpha value is -3.21. The van der Waals surface area contributed by atoms with Crippen LogP contribution in [0.1, 0.15) is 41.6 Å². The first-order valence-electron chi connectivity index (χ1n) is 10.5. The molecule has 4 nitrogen and oxygen atoms in total. The van der Waals surface area contributed by atoms with Gasteiger partial charge in [0.1, 0.15) is 11.5 Å². The van der Waals surface area contributed by atoms with Gasteiger partial charge in [0.15, 0.2) is 0 Å². The van der Waals surface area contributed by atoms with Gasteiger partial charge in [-0.3, -0.25) is 4.79 Å². The second-order valence-electron chi connectivity index (χ2n) is 8.29. The summed E-state index contributed by atoms with van der Waals surface area (Å²) in [6.07, 6.45) is 13.2. The van der Waals surface area contributed by atoms with E-state index in [1.54, 1.807) is 30.6 Å². The van der Waals surface area contributed by atoms with E-state index in [0.29, 0.717) is 17.8 Å². The normalized spacial score (nSPS) is 20.8. The zero-order valence-corrected chi connectivity index (χ0v) is 16.8. The lowest BCUT2D eigenvalue weighted by Crippen LogP contribution is -2.33. The average Bonchev–Trinajstić information content (AvgIpc) is 3.25. The number of anilines is 1. The number of carbonyl (C=O) groups is 1. The van der Waals surface area contributed by atoms with Crippen LogP contribution in [0.5, 0.6) is 0 Å². The maximum Gasteiger partial charge on any atom is 0.258 e. The quantitative estimate of drug-likeness (QED) is 0.544. The van der Waals surface area contributed by atoms with Gasteiger partial charge in [-0.1, -0.05) is 30.4 Å². The summed E-state index contributed by atoms with van der Waals surface area (Å²) >= 11 is 0. The van der Waals surface area contributed by atoms with Gasteiger partial charge in [0.2, 0.25) is 0 Å². The highest BCUT2D eigenvalue weighted by Crippen LogP contribution is 2.43. The first kappa shape index (κ1) is 18.8. The van der Waals surface area contributed by atoms with E-state index in [1.807, 2.05) is 23.1 Å². The molecular formula is C25H24FN3O. The Bertz CT molecular complexity index is 1110. The zero-order valence-electron chi connectivity index (χ0n) is 16.8. The minimum absolute atomic E-state index is 0.110. The number of hydrogen-bond acceptors (Lipinski definition) is 2. The van der Waals surface area contributed by atoms with Crippen molar-refractivity contribution in [1.29, 1.82) is 0 Å². The molecule has 2 aromatic carbocycles. The number of amides is 1. The number of benzene rings is 2. The summed E-state index contributed by atoms with van der Waals surface area (Å²) in [5, 5.41) is 4.08. The molecule has 1 spiro atoms. The Morgan fingerprint density at radius 3 is 2.73 bits per heavy atom. The van der Waals surface area contributed by atoms with Crippen LogP contribution in [0.2, 0.25) is 0 Å². The van der Waals surface area contributed by atoms with Gasteiger partial charge in [0.05, 0.1) is 0 Å². The van der Waals surface area contributed by atoms with Gasteiger partial charge < -0.3 is 4.90 Å². The lowest BCUT2D eigenvalue weighted by Gasteiger charge is -2.32. The SMILES string of the molecule is O=C(c1ccc(-n2cccn2)c(F)c1)N1CCC2(C=CCCC2)Cc2ccccc21. The molecule has 0 bridgehead atoms. The number of para-hydroxylation sites is 1.